The predicted octanol–water partition coefficient (Wildman–Crippen LogP) is 11.5. The van der Waals surface area contributed by atoms with E-state index in [0.29, 0.717) is 36.6 Å². The number of nitrogens with zero attached hydrogens (tertiary/aromatic N) is 11. The Balaban J connectivity index is 0.000000234. The third-order valence-corrected chi connectivity index (χ3v) is 13.5. The molecule has 4 aliphatic rings. The maximum absolute atomic E-state index is 11.6. The van der Waals surface area contributed by atoms with Gasteiger partial charge in [-0.25, -0.2) is 30.0 Å². The number of fused-ring (bicyclic) bond motifs is 14. The fourth-order valence-electron chi connectivity index (χ4n) is 8.57. The van der Waals surface area contributed by atoms with Gasteiger partial charge in [0.1, 0.15) is 34.2 Å². The number of amidine groups is 4. The van der Waals surface area contributed by atoms with Crippen molar-refractivity contribution in [2.75, 3.05) is 22.9 Å². The van der Waals surface area contributed by atoms with Crippen molar-refractivity contribution in [2.45, 2.75) is 112 Å². The third kappa shape index (κ3) is 12.7. The van der Waals surface area contributed by atoms with E-state index in [9.17, 15) is 21.4 Å². The fraction of sp³-hybridized carbons (Fsp3) is 0.281. The van der Waals surface area contributed by atoms with Gasteiger partial charge in [0.05, 0.1) is 10.6 Å². The van der Waals surface area contributed by atoms with Crippen molar-refractivity contribution in [3.8, 4) is 0 Å². The number of aromatic nitrogens is 5. The minimum atomic E-state index is -4.71. The molecule has 4 aliphatic heterocycles. The van der Waals surface area contributed by atoms with Crippen LogP contribution < -0.4 is 27.3 Å². The molecule has 20 nitrogen and oxygen atoms in total. The van der Waals surface area contributed by atoms with Crippen LogP contribution in [0.5, 0.6) is 0 Å². The number of nitrogens with one attached hydrogen (secondary N) is 2. The molecule has 12 rings (SSSR count). The van der Waals surface area contributed by atoms with E-state index < -0.39 is 30.0 Å². The van der Waals surface area contributed by atoms with Gasteiger partial charge in [0.25, 0.3) is 20.2 Å². The van der Waals surface area contributed by atoms with Crippen LogP contribution in [0.2, 0.25) is 0 Å². The summed E-state index contributed by atoms with van der Waals surface area (Å²) in [5.41, 5.74) is 10.7. The molecule has 0 amide bonds. The van der Waals surface area contributed by atoms with E-state index in [4.69, 9.17) is 40.2 Å². The summed E-state index contributed by atoms with van der Waals surface area (Å²) in [4.78, 5) is 41.4. The van der Waals surface area contributed by atoms with Gasteiger partial charge in [0.15, 0.2) is 23.3 Å². The maximum Gasteiger partial charge on any atom is 0.296 e. The lowest BCUT2D eigenvalue weighted by molar-refractivity contribution is 0.479. The summed E-state index contributed by atoms with van der Waals surface area (Å²) in [6, 6.07) is 35.4. The van der Waals surface area contributed by atoms with Crippen LogP contribution in [0.4, 0.5) is 35.2 Å². The van der Waals surface area contributed by atoms with Crippen LogP contribution in [0, 0.1) is 0 Å². The zero-order chi connectivity index (χ0) is 57.6. The first kappa shape index (κ1) is 59.9. The summed E-state index contributed by atoms with van der Waals surface area (Å²) in [5, 5.41) is 9.44. The van der Waals surface area contributed by atoms with Crippen molar-refractivity contribution in [3.05, 3.63) is 148 Å². The molecule has 0 fully saturated rings. The molecule has 8 aromatic rings. The number of aliphatic imine (C=N–C) groups is 4. The van der Waals surface area contributed by atoms with E-state index in [0.717, 1.165) is 104 Å². The molecule has 5 aromatic carbocycles. The van der Waals surface area contributed by atoms with E-state index in [-0.39, 0.29) is 23.5 Å². The molecule has 0 spiro atoms. The fourth-order valence-corrected chi connectivity index (χ4v) is 9.70. The Bertz CT molecular complexity index is 3830. The summed E-state index contributed by atoms with van der Waals surface area (Å²) < 4.78 is 68.6. The van der Waals surface area contributed by atoms with Crippen LogP contribution in [0.1, 0.15) is 118 Å². The number of anilines is 4. The van der Waals surface area contributed by atoms with Gasteiger partial charge >= 0.3 is 0 Å². The Morgan fingerprint density at radius 3 is 1.38 bits per heavy atom. The van der Waals surface area contributed by atoms with Gasteiger partial charge in [-0.1, -0.05) is 186 Å². The van der Waals surface area contributed by atoms with Gasteiger partial charge in [-0.3, -0.25) is 18.2 Å². The molecule has 7 heterocycles. The van der Waals surface area contributed by atoms with E-state index in [1.807, 2.05) is 118 Å². The van der Waals surface area contributed by atoms with Crippen molar-refractivity contribution >= 4 is 100 Å². The zero-order valence-corrected chi connectivity index (χ0v) is 48.0. The lowest BCUT2D eigenvalue weighted by Gasteiger charge is -2.12. The van der Waals surface area contributed by atoms with E-state index in [1.165, 1.54) is 0 Å². The smallest absolute Gasteiger partial charge is 0.296 e. The molecular weight excluding hydrogens is 1040 g/mol. The first-order valence-electron chi connectivity index (χ1n) is 26.6. The highest BCUT2D eigenvalue weighted by molar-refractivity contribution is 7.86. The molecule has 0 radical (unpaired) electrons. The molecule has 6 N–H and O–H groups in total. The second kappa shape index (κ2) is 26.8. The van der Waals surface area contributed by atoms with Gasteiger partial charge < -0.3 is 16.4 Å². The number of nitrogens with two attached hydrogens (primary N) is 1. The molecule has 0 aliphatic carbocycles. The largest absolute Gasteiger partial charge is 0.368 e. The highest BCUT2D eigenvalue weighted by Gasteiger charge is 2.29. The topological polar surface area (TPSA) is 282 Å². The molecule has 0 saturated carbocycles. The monoisotopic (exact) mass is 1110 g/mol. The number of hydrogen-bond acceptors (Lipinski definition) is 16. The van der Waals surface area contributed by atoms with Gasteiger partial charge in [-0.15, -0.1) is 0 Å². The van der Waals surface area contributed by atoms with Crippen molar-refractivity contribution in [2.24, 2.45) is 30.0 Å². The second-order valence-electron chi connectivity index (χ2n) is 16.1. The SMILES string of the molecule is CC.CC.CC.CC.CC.CCCCCNc1nc(N)nc(Nc2cc(S(=O)(=O)O)ccc2S(=O)(=O)O)n1.c1ccc2c(c1)C1=NC2=Nc2c3ccccc3c3n2Cn2c(c4ccccc4c2=NC2=NC(=N3)c3ccccc32)=N1. The Morgan fingerprint density at radius 1 is 0.506 bits per heavy atom. The van der Waals surface area contributed by atoms with Crippen LogP contribution in [0.15, 0.2) is 155 Å². The lowest BCUT2D eigenvalue weighted by Crippen LogP contribution is -2.32. The van der Waals surface area contributed by atoms with Crippen LogP contribution in [0.25, 0.3) is 21.5 Å². The Morgan fingerprint density at radius 2 is 0.937 bits per heavy atom. The molecular formula is C57H68N14O6S2. The van der Waals surface area contributed by atoms with Crippen LogP contribution in [-0.2, 0) is 26.9 Å². The first-order valence-corrected chi connectivity index (χ1v) is 29.5. The molecule has 3 aromatic heterocycles. The van der Waals surface area contributed by atoms with Gasteiger partial charge in [0.2, 0.25) is 17.8 Å². The summed E-state index contributed by atoms with van der Waals surface area (Å²) in [6.07, 6.45) is 2.89. The molecule has 22 heteroatoms. The molecule has 79 heavy (non-hydrogen) atoms. The summed E-state index contributed by atoms with van der Waals surface area (Å²) in [7, 11) is -9.33. The molecule has 414 valence electrons. The molecule has 6 bridgehead atoms. The summed E-state index contributed by atoms with van der Waals surface area (Å²) in [5.74, 6) is 3.95. The third-order valence-electron chi connectivity index (χ3n) is 11.7. The van der Waals surface area contributed by atoms with Crippen molar-refractivity contribution < 1.29 is 25.9 Å². The Hall–Kier alpha value is -8.31. The second-order valence-corrected chi connectivity index (χ2v) is 19.0. The number of unbranched alkanes of at least 4 members (excludes halogenated alkanes) is 2. The average Bonchev–Trinajstić information content (AvgIpc) is 4.32. The van der Waals surface area contributed by atoms with Crippen LogP contribution in [-0.4, -0.2) is 79.9 Å². The van der Waals surface area contributed by atoms with E-state index in [2.05, 4.69) is 90.2 Å². The summed E-state index contributed by atoms with van der Waals surface area (Å²) in [6.45, 7) is 23.0. The highest BCUT2D eigenvalue weighted by atomic mass is 32.2. The molecule has 0 unspecified atom stereocenters. The highest BCUT2D eigenvalue weighted by Crippen LogP contribution is 2.40. The number of hydrogen-bond donors (Lipinski definition) is 5. The zero-order valence-electron chi connectivity index (χ0n) is 46.3. The maximum atomic E-state index is 11.6. The van der Waals surface area contributed by atoms with E-state index in [1.54, 1.807) is 0 Å². The van der Waals surface area contributed by atoms with Crippen LogP contribution >= 0.6 is 0 Å². The van der Waals surface area contributed by atoms with Gasteiger partial charge in [-0.05, 0) is 24.6 Å². The standard InChI is InChI=1S/C33H18N8.C14H20N6O6S2.5C2H6/c1-2-10-19-18(9-1)26-34-27(19)37-31-24-15-7-8-16-25(24)33-39-29-21-12-4-3-11-20(21)28(35-29)38-32-23-14-6-5-13-22(23)30(36-26)40(32)17-41(31)33;1-2-3-4-7-16-13-18-12(15)19-14(20-13)17-10-8-9(27(21,22)23)5-6-11(10)28(24,25)26;5*1-2/h1-16H,17H2;5-6,8H,2-4,7H2,1H3,(H,21,22,23)(H,24,25,26)(H4,15,16,17,18,19,20);5*1-2H3. The quantitative estimate of drug-likeness (QED) is 0.0666. The average molecular weight is 1110 g/mol. The Kier molecular flexibility index (Phi) is 20.4. The van der Waals surface area contributed by atoms with Gasteiger partial charge in [-0.2, -0.15) is 31.8 Å². The number of benzene rings is 5. The van der Waals surface area contributed by atoms with E-state index >= 15 is 0 Å². The number of nitrogen functional groups attached to an aromatic ring is 1. The minimum absolute atomic E-state index is 0.130. The minimum Gasteiger partial charge on any atom is -0.368 e. The van der Waals surface area contributed by atoms with Gasteiger partial charge in [0, 0.05) is 50.3 Å². The number of rotatable bonds is 9. The molecule has 0 atom stereocenters. The Labute approximate surface area is 461 Å². The molecule has 0 saturated heterocycles. The lowest BCUT2D eigenvalue weighted by atomic mass is 10.1. The van der Waals surface area contributed by atoms with Crippen molar-refractivity contribution in [1.82, 2.24) is 24.1 Å². The van der Waals surface area contributed by atoms with Crippen molar-refractivity contribution in [1.29, 1.82) is 0 Å². The van der Waals surface area contributed by atoms with Crippen molar-refractivity contribution in [3.63, 3.8) is 0 Å². The first-order chi connectivity index (χ1) is 38.3. The normalized spacial score (nSPS) is 12.8. The summed E-state index contributed by atoms with van der Waals surface area (Å²) >= 11 is 0. The van der Waals surface area contributed by atoms with Crippen LogP contribution in [0.3, 0.4) is 0 Å². The predicted molar refractivity (Wildman–Crippen MR) is 318 cm³/mol.